The van der Waals surface area contributed by atoms with Gasteiger partial charge in [0.15, 0.2) is 0 Å². The summed E-state index contributed by atoms with van der Waals surface area (Å²) in [4.78, 5) is 0. The average molecular weight is 212 g/mol. The fraction of sp³-hybridized carbons (Fsp3) is 0.375. The van der Waals surface area contributed by atoms with Gasteiger partial charge < -0.3 is 0 Å². The van der Waals surface area contributed by atoms with Crippen molar-refractivity contribution in [3.05, 3.63) is 58.7 Å². The van der Waals surface area contributed by atoms with Crippen molar-refractivity contribution in [3.63, 3.8) is 0 Å². The van der Waals surface area contributed by atoms with Gasteiger partial charge in [0.25, 0.3) is 0 Å². The summed E-state index contributed by atoms with van der Waals surface area (Å²) in [5.74, 6) is 0.674. The van der Waals surface area contributed by atoms with E-state index in [9.17, 15) is 0 Å². The summed E-state index contributed by atoms with van der Waals surface area (Å²) in [7, 11) is 0. The summed E-state index contributed by atoms with van der Waals surface area (Å²) in [6.45, 7) is 6.83. The summed E-state index contributed by atoms with van der Waals surface area (Å²) in [5, 5.41) is 0. The number of allylic oxidation sites excluding steroid dienone is 4. The van der Waals surface area contributed by atoms with Crippen molar-refractivity contribution in [1.29, 1.82) is 0 Å². The Morgan fingerprint density at radius 1 is 1.12 bits per heavy atom. The van der Waals surface area contributed by atoms with Crippen LogP contribution in [0.3, 0.4) is 0 Å². The van der Waals surface area contributed by atoms with Crippen molar-refractivity contribution in [1.82, 2.24) is 0 Å². The number of hydrogen-bond acceptors (Lipinski definition) is 0. The average Bonchev–Trinajstić information content (AvgIpc) is 2.61. The lowest BCUT2D eigenvalue weighted by molar-refractivity contribution is 0.736. The zero-order valence-electron chi connectivity index (χ0n) is 10.5. The van der Waals surface area contributed by atoms with Crippen LogP contribution in [0.15, 0.2) is 53.1 Å². The van der Waals surface area contributed by atoms with Crippen LogP contribution in [0.5, 0.6) is 0 Å². The monoisotopic (exact) mass is 212 g/mol. The second-order valence-electron chi connectivity index (χ2n) is 5.04. The minimum atomic E-state index is 0.674. The van der Waals surface area contributed by atoms with E-state index >= 15 is 0 Å². The normalized spacial score (nSPS) is 15.9. The fourth-order valence-electron chi connectivity index (χ4n) is 2.41. The Hall–Kier alpha value is -1.30. The smallest absolute Gasteiger partial charge is 0.00260 e. The lowest BCUT2D eigenvalue weighted by Crippen LogP contribution is -1.97. The van der Waals surface area contributed by atoms with Crippen molar-refractivity contribution in [3.8, 4) is 0 Å². The van der Waals surface area contributed by atoms with Gasteiger partial charge in [-0.25, -0.2) is 0 Å². The topological polar surface area (TPSA) is 0 Å². The highest BCUT2D eigenvalue weighted by molar-refractivity contribution is 5.42. The van der Waals surface area contributed by atoms with Crippen LogP contribution in [0.2, 0.25) is 0 Å². The molecule has 0 atom stereocenters. The largest absolute Gasteiger partial charge is 0.0690 e. The van der Waals surface area contributed by atoms with Gasteiger partial charge in [0, 0.05) is 0 Å². The highest BCUT2D eigenvalue weighted by atomic mass is 14.2. The van der Waals surface area contributed by atoms with Crippen LogP contribution >= 0.6 is 0 Å². The molecule has 0 unspecified atom stereocenters. The molecule has 0 spiro atoms. The first-order valence-corrected chi connectivity index (χ1v) is 6.10. The van der Waals surface area contributed by atoms with Gasteiger partial charge in [0.05, 0.1) is 0 Å². The third-order valence-corrected chi connectivity index (χ3v) is 3.24. The van der Waals surface area contributed by atoms with Gasteiger partial charge in [0.1, 0.15) is 0 Å². The summed E-state index contributed by atoms with van der Waals surface area (Å²) in [5.41, 5.74) is 6.09. The molecule has 0 nitrogen and oxygen atoms in total. The number of benzene rings is 1. The molecule has 0 radical (unpaired) electrons. The van der Waals surface area contributed by atoms with Gasteiger partial charge in [-0.2, -0.15) is 0 Å². The zero-order chi connectivity index (χ0) is 11.5. The van der Waals surface area contributed by atoms with E-state index in [1.165, 1.54) is 17.6 Å². The Kier molecular flexibility index (Phi) is 3.28. The summed E-state index contributed by atoms with van der Waals surface area (Å²) >= 11 is 0. The molecule has 0 bridgehead atoms. The van der Waals surface area contributed by atoms with Crippen LogP contribution in [0.1, 0.15) is 32.8 Å². The first-order chi connectivity index (χ1) is 7.66. The van der Waals surface area contributed by atoms with Crippen LogP contribution in [-0.4, -0.2) is 0 Å². The van der Waals surface area contributed by atoms with E-state index in [1.54, 1.807) is 11.1 Å². The molecule has 1 aromatic carbocycles. The highest BCUT2D eigenvalue weighted by Crippen LogP contribution is 2.32. The summed E-state index contributed by atoms with van der Waals surface area (Å²) < 4.78 is 0. The van der Waals surface area contributed by atoms with Gasteiger partial charge in [-0.15, -0.1) is 0 Å². The third kappa shape index (κ3) is 2.44. The van der Waals surface area contributed by atoms with Crippen LogP contribution in [-0.2, 0) is 6.42 Å². The third-order valence-electron chi connectivity index (χ3n) is 3.24. The van der Waals surface area contributed by atoms with E-state index in [0.29, 0.717) is 5.92 Å². The standard InChI is InChI=1S/C16H20/c1-12(2)16-10-13(3)9-15(16)11-14-7-5-4-6-8-14/h4-9,12H,10-11H2,1-3H3. The van der Waals surface area contributed by atoms with E-state index in [0.717, 1.165) is 6.42 Å². The van der Waals surface area contributed by atoms with E-state index in [-0.39, 0.29) is 0 Å². The molecule has 0 saturated carbocycles. The van der Waals surface area contributed by atoms with Gasteiger partial charge >= 0.3 is 0 Å². The van der Waals surface area contributed by atoms with Crippen molar-refractivity contribution in [2.45, 2.75) is 33.6 Å². The summed E-state index contributed by atoms with van der Waals surface area (Å²) in [6, 6.07) is 10.8. The zero-order valence-corrected chi connectivity index (χ0v) is 10.5. The molecule has 0 heterocycles. The summed E-state index contributed by atoms with van der Waals surface area (Å²) in [6.07, 6.45) is 4.65. The lowest BCUT2D eigenvalue weighted by atomic mass is 9.94. The fourth-order valence-corrected chi connectivity index (χ4v) is 2.41. The Balaban J connectivity index is 2.22. The van der Waals surface area contributed by atoms with Crippen LogP contribution in [0.4, 0.5) is 0 Å². The first kappa shape index (κ1) is 11.2. The molecular weight excluding hydrogens is 192 g/mol. The molecule has 1 aromatic rings. The van der Waals surface area contributed by atoms with E-state index < -0.39 is 0 Å². The highest BCUT2D eigenvalue weighted by Gasteiger charge is 2.15. The lowest BCUT2D eigenvalue weighted by Gasteiger charge is -2.11. The first-order valence-electron chi connectivity index (χ1n) is 6.10. The van der Waals surface area contributed by atoms with Crippen LogP contribution < -0.4 is 0 Å². The predicted octanol–water partition coefficient (Wildman–Crippen LogP) is 4.53. The van der Waals surface area contributed by atoms with Crippen molar-refractivity contribution in [2.75, 3.05) is 0 Å². The predicted molar refractivity (Wildman–Crippen MR) is 70.4 cm³/mol. The molecule has 0 N–H and O–H groups in total. The maximum atomic E-state index is 2.38. The Morgan fingerprint density at radius 3 is 2.44 bits per heavy atom. The molecule has 1 aliphatic carbocycles. The number of hydrogen-bond donors (Lipinski definition) is 0. The maximum absolute atomic E-state index is 2.38. The Morgan fingerprint density at radius 2 is 1.81 bits per heavy atom. The van der Waals surface area contributed by atoms with Crippen LogP contribution in [0.25, 0.3) is 0 Å². The maximum Gasteiger partial charge on any atom is -0.00260 e. The van der Waals surface area contributed by atoms with Crippen molar-refractivity contribution >= 4 is 0 Å². The van der Waals surface area contributed by atoms with Crippen molar-refractivity contribution < 1.29 is 0 Å². The van der Waals surface area contributed by atoms with Crippen LogP contribution in [0, 0.1) is 5.92 Å². The molecule has 2 rings (SSSR count). The quantitative estimate of drug-likeness (QED) is 0.690. The molecule has 0 aliphatic heterocycles. The van der Waals surface area contributed by atoms with Gasteiger partial charge in [-0.3, -0.25) is 0 Å². The van der Waals surface area contributed by atoms with E-state index in [1.807, 2.05) is 0 Å². The van der Waals surface area contributed by atoms with Gasteiger partial charge in [-0.05, 0) is 36.8 Å². The van der Waals surface area contributed by atoms with Crippen molar-refractivity contribution in [2.24, 2.45) is 5.92 Å². The molecular formula is C16H20. The Bertz CT molecular complexity index is 419. The minimum absolute atomic E-state index is 0.674. The molecule has 0 fully saturated rings. The minimum Gasteiger partial charge on any atom is -0.0690 e. The molecule has 0 saturated heterocycles. The number of rotatable bonds is 3. The molecule has 0 amide bonds. The van der Waals surface area contributed by atoms with Gasteiger partial charge in [0.2, 0.25) is 0 Å². The SMILES string of the molecule is CC1=CC(Cc2ccccc2)=C(C(C)C)C1. The molecule has 0 aromatic heterocycles. The van der Waals surface area contributed by atoms with Gasteiger partial charge in [-0.1, -0.05) is 61.4 Å². The molecule has 16 heavy (non-hydrogen) atoms. The van der Waals surface area contributed by atoms with E-state index in [2.05, 4.69) is 57.2 Å². The second kappa shape index (κ2) is 4.69. The second-order valence-corrected chi connectivity index (χ2v) is 5.04. The molecule has 0 heteroatoms. The molecule has 1 aliphatic rings. The molecule has 84 valence electrons. The Labute approximate surface area is 98.7 Å². The van der Waals surface area contributed by atoms with E-state index in [4.69, 9.17) is 0 Å².